The Morgan fingerprint density at radius 2 is 2.14 bits per heavy atom. The normalized spacial score (nSPS) is 11.2. The van der Waals surface area contributed by atoms with Gasteiger partial charge in [-0.3, -0.25) is 0 Å². The molecule has 2 aromatic heterocycles. The van der Waals surface area contributed by atoms with E-state index < -0.39 is 0 Å². The number of hydrogen-bond acceptors (Lipinski definition) is 3. The van der Waals surface area contributed by atoms with E-state index >= 15 is 0 Å². The quantitative estimate of drug-likeness (QED) is 0.614. The van der Waals surface area contributed by atoms with Gasteiger partial charge in [0.2, 0.25) is 0 Å². The fourth-order valence-corrected chi connectivity index (χ4v) is 2.05. The third-order valence-corrected chi connectivity index (χ3v) is 2.77. The summed E-state index contributed by atoms with van der Waals surface area (Å²) in [7, 11) is 0. The molecule has 14 heavy (non-hydrogen) atoms. The highest BCUT2D eigenvalue weighted by molar-refractivity contribution is 9.10. The van der Waals surface area contributed by atoms with Crippen molar-refractivity contribution in [2.75, 3.05) is 0 Å². The molecule has 0 aliphatic rings. The molecule has 3 rings (SSSR count). The van der Waals surface area contributed by atoms with Crippen LogP contribution < -0.4 is 0 Å². The van der Waals surface area contributed by atoms with Crippen molar-refractivity contribution in [2.45, 2.75) is 0 Å². The first-order valence-corrected chi connectivity index (χ1v) is 4.92. The summed E-state index contributed by atoms with van der Waals surface area (Å²) in [6.07, 6.45) is 3.20. The fraction of sp³-hybridized carbons (Fsp3) is 0. The van der Waals surface area contributed by atoms with Crippen molar-refractivity contribution >= 4 is 38.0 Å². The SMILES string of the molecule is Brc1cccc2oc3cncnc3c12. The van der Waals surface area contributed by atoms with Gasteiger partial charge in [-0.15, -0.1) is 0 Å². The molecule has 0 bridgehead atoms. The topological polar surface area (TPSA) is 38.9 Å². The molecule has 0 fully saturated rings. The van der Waals surface area contributed by atoms with Gasteiger partial charge >= 0.3 is 0 Å². The molecule has 0 aliphatic heterocycles. The van der Waals surface area contributed by atoms with Crippen LogP contribution in [0.3, 0.4) is 0 Å². The molecular formula is C10H5BrN2O. The highest BCUT2D eigenvalue weighted by atomic mass is 79.9. The van der Waals surface area contributed by atoms with Gasteiger partial charge in [0.15, 0.2) is 5.58 Å². The van der Waals surface area contributed by atoms with Crippen molar-refractivity contribution in [2.24, 2.45) is 0 Å². The molecule has 0 unspecified atom stereocenters. The molecule has 0 aliphatic carbocycles. The zero-order chi connectivity index (χ0) is 9.54. The number of fused-ring (bicyclic) bond motifs is 3. The lowest BCUT2D eigenvalue weighted by molar-refractivity contribution is 0.665. The van der Waals surface area contributed by atoms with Crippen LogP contribution in [0.4, 0.5) is 0 Å². The van der Waals surface area contributed by atoms with Crippen LogP contribution in [-0.2, 0) is 0 Å². The van der Waals surface area contributed by atoms with E-state index in [0.717, 1.165) is 26.5 Å². The monoisotopic (exact) mass is 248 g/mol. The molecule has 68 valence electrons. The maximum atomic E-state index is 5.58. The predicted octanol–water partition coefficient (Wildman–Crippen LogP) is 3.14. The molecule has 0 saturated carbocycles. The van der Waals surface area contributed by atoms with Crippen molar-refractivity contribution < 1.29 is 4.42 Å². The third-order valence-electron chi connectivity index (χ3n) is 2.11. The van der Waals surface area contributed by atoms with Crippen LogP contribution in [0.15, 0.2) is 39.6 Å². The molecule has 0 saturated heterocycles. The largest absolute Gasteiger partial charge is 0.453 e. The zero-order valence-corrected chi connectivity index (χ0v) is 8.65. The molecule has 0 amide bonds. The summed E-state index contributed by atoms with van der Waals surface area (Å²) in [5.41, 5.74) is 2.40. The van der Waals surface area contributed by atoms with Crippen molar-refractivity contribution in [3.8, 4) is 0 Å². The highest BCUT2D eigenvalue weighted by Crippen LogP contribution is 2.31. The van der Waals surface area contributed by atoms with E-state index in [0.29, 0.717) is 0 Å². The van der Waals surface area contributed by atoms with Crippen LogP contribution in [0.25, 0.3) is 22.1 Å². The van der Waals surface area contributed by atoms with E-state index in [2.05, 4.69) is 25.9 Å². The van der Waals surface area contributed by atoms with Gasteiger partial charge in [-0.05, 0) is 28.1 Å². The Kier molecular flexibility index (Phi) is 1.58. The van der Waals surface area contributed by atoms with Crippen LogP contribution in [0, 0.1) is 0 Å². The van der Waals surface area contributed by atoms with Crippen LogP contribution in [0.1, 0.15) is 0 Å². The molecule has 4 heteroatoms. The van der Waals surface area contributed by atoms with Gasteiger partial charge in [-0.2, -0.15) is 0 Å². The summed E-state index contributed by atoms with van der Waals surface area (Å²) in [5, 5.41) is 1.00. The smallest absolute Gasteiger partial charge is 0.172 e. The van der Waals surface area contributed by atoms with E-state index in [-0.39, 0.29) is 0 Å². The number of furan rings is 1. The molecule has 3 aromatic rings. The summed E-state index contributed by atoms with van der Waals surface area (Å²) in [6, 6.07) is 5.82. The first-order valence-electron chi connectivity index (χ1n) is 4.13. The average Bonchev–Trinajstić information content (AvgIpc) is 2.57. The second-order valence-corrected chi connectivity index (χ2v) is 3.80. The number of benzene rings is 1. The summed E-state index contributed by atoms with van der Waals surface area (Å²) in [6.45, 7) is 0. The van der Waals surface area contributed by atoms with Crippen molar-refractivity contribution in [1.82, 2.24) is 9.97 Å². The number of halogens is 1. The first kappa shape index (κ1) is 7.94. The molecule has 3 nitrogen and oxygen atoms in total. The van der Waals surface area contributed by atoms with Crippen LogP contribution >= 0.6 is 15.9 Å². The van der Waals surface area contributed by atoms with Gasteiger partial charge in [-0.1, -0.05) is 6.07 Å². The van der Waals surface area contributed by atoms with Gasteiger partial charge in [0.1, 0.15) is 17.4 Å². The second kappa shape index (κ2) is 2.78. The average molecular weight is 249 g/mol. The highest BCUT2D eigenvalue weighted by Gasteiger charge is 2.09. The third kappa shape index (κ3) is 0.974. The van der Waals surface area contributed by atoms with Crippen LogP contribution in [-0.4, -0.2) is 9.97 Å². The van der Waals surface area contributed by atoms with Crippen molar-refractivity contribution in [1.29, 1.82) is 0 Å². The Morgan fingerprint density at radius 3 is 3.07 bits per heavy atom. The van der Waals surface area contributed by atoms with Crippen molar-refractivity contribution in [3.63, 3.8) is 0 Å². The minimum Gasteiger partial charge on any atom is -0.453 e. The number of nitrogens with zero attached hydrogens (tertiary/aromatic N) is 2. The van der Waals surface area contributed by atoms with E-state index in [4.69, 9.17) is 4.42 Å². The van der Waals surface area contributed by atoms with Crippen LogP contribution in [0.5, 0.6) is 0 Å². The van der Waals surface area contributed by atoms with Crippen LogP contribution in [0.2, 0.25) is 0 Å². The molecule has 2 heterocycles. The van der Waals surface area contributed by atoms with E-state index in [1.165, 1.54) is 6.33 Å². The fourth-order valence-electron chi connectivity index (χ4n) is 1.52. The van der Waals surface area contributed by atoms with Crippen molar-refractivity contribution in [3.05, 3.63) is 35.2 Å². The molecule has 0 spiro atoms. The molecule has 0 radical (unpaired) electrons. The van der Waals surface area contributed by atoms with Gasteiger partial charge in [0.25, 0.3) is 0 Å². The van der Waals surface area contributed by atoms with Gasteiger partial charge in [-0.25, -0.2) is 9.97 Å². The molecule has 0 atom stereocenters. The molecular weight excluding hydrogens is 244 g/mol. The van der Waals surface area contributed by atoms with E-state index in [9.17, 15) is 0 Å². The summed E-state index contributed by atoms with van der Waals surface area (Å²) in [4.78, 5) is 8.11. The Morgan fingerprint density at radius 1 is 1.21 bits per heavy atom. The predicted molar refractivity (Wildman–Crippen MR) is 57.0 cm³/mol. The minimum absolute atomic E-state index is 0.717. The maximum Gasteiger partial charge on any atom is 0.172 e. The summed E-state index contributed by atoms with van der Waals surface area (Å²) >= 11 is 3.48. The lowest BCUT2D eigenvalue weighted by Crippen LogP contribution is -1.76. The lowest BCUT2D eigenvalue weighted by atomic mass is 10.2. The zero-order valence-electron chi connectivity index (χ0n) is 7.07. The molecule has 0 N–H and O–H groups in total. The number of rotatable bonds is 0. The second-order valence-electron chi connectivity index (χ2n) is 2.95. The standard InChI is InChI=1S/C10H5BrN2O/c11-6-2-1-3-7-9(6)10-8(14-7)4-12-5-13-10/h1-5H. The Labute approximate surface area is 87.9 Å². The Balaban J connectivity index is 2.65. The minimum atomic E-state index is 0.717. The summed E-state index contributed by atoms with van der Waals surface area (Å²) < 4.78 is 6.57. The van der Waals surface area contributed by atoms with E-state index in [1.54, 1.807) is 6.20 Å². The van der Waals surface area contributed by atoms with Gasteiger partial charge in [0.05, 0.1) is 11.6 Å². The Hall–Kier alpha value is -1.42. The number of aromatic nitrogens is 2. The van der Waals surface area contributed by atoms with E-state index in [1.807, 2.05) is 18.2 Å². The van der Waals surface area contributed by atoms with Gasteiger partial charge in [0, 0.05) is 4.47 Å². The summed E-state index contributed by atoms with van der Waals surface area (Å²) in [5.74, 6) is 0. The van der Waals surface area contributed by atoms with Gasteiger partial charge < -0.3 is 4.42 Å². The number of hydrogen-bond donors (Lipinski definition) is 0. The Bertz CT molecular complexity index is 618. The lowest BCUT2D eigenvalue weighted by Gasteiger charge is -1.90. The maximum absolute atomic E-state index is 5.58. The molecule has 1 aromatic carbocycles. The first-order chi connectivity index (χ1) is 6.86.